The zero-order chi connectivity index (χ0) is 12.0. The van der Waals surface area contributed by atoms with E-state index in [-0.39, 0.29) is 5.95 Å². The Kier molecular flexibility index (Phi) is 4.11. The summed E-state index contributed by atoms with van der Waals surface area (Å²) in [6.07, 6.45) is -1.74. The van der Waals surface area contributed by atoms with Crippen molar-refractivity contribution in [2.45, 2.75) is 6.18 Å². The van der Waals surface area contributed by atoms with Crippen LogP contribution in [0.5, 0.6) is 0 Å². The maximum absolute atomic E-state index is 11.7. The van der Waals surface area contributed by atoms with E-state index >= 15 is 0 Å². The van der Waals surface area contributed by atoms with Crippen LogP contribution in [0, 0.1) is 0 Å². The van der Waals surface area contributed by atoms with Crippen LogP contribution >= 0.6 is 0 Å². The smallest absolute Gasteiger partial charge is 0.300 e. The molecule has 0 saturated heterocycles. The van der Waals surface area contributed by atoms with Crippen molar-refractivity contribution < 1.29 is 18.0 Å². The van der Waals surface area contributed by atoms with Gasteiger partial charge in [0, 0.05) is 0 Å². The molecule has 1 heterocycles. The number of alkyl halides is 3. The molecule has 16 heavy (non-hydrogen) atoms. The van der Waals surface area contributed by atoms with Crippen molar-refractivity contribution >= 4 is 11.9 Å². The summed E-state index contributed by atoms with van der Waals surface area (Å²) in [7, 11) is 0. The number of amides is 1. The first-order valence-electron chi connectivity index (χ1n) is 4.18. The van der Waals surface area contributed by atoms with Crippen LogP contribution in [0.2, 0.25) is 0 Å². The predicted octanol–water partition coefficient (Wildman–Crippen LogP) is -0.0380. The Balaban J connectivity index is 2.27. The van der Waals surface area contributed by atoms with Crippen molar-refractivity contribution in [2.24, 2.45) is 0 Å². The van der Waals surface area contributed by atoms with Gasteiger partial charge in [0.1, 0.15) is 0 Å². The Morgan fingerprint density at radius 1 is 1.38 bits per heavy atom. The summed E-state index contributed by atoms with van der Waals surface area (Å²) < 4.78 is 35.1. The summed E-state index contributed by atoms with van der Waals surface area (Å²) >= 11 is 0. The van der Waals surface area contributed by atoms with Gasteiger partial charge in [-0.1, -0.05) is 0 Å². The van der Waals surface area contributed by atoms with Crippen molar-refractivity contribution in [1.82, 2.24) is 20.5 Å². The number of carbonyl (C=O) groups excluding carboxylic acids is 1. The third-order valence-electron chi connectivity index (χ3n) is 1.34. The van der Waals surface area contributed by atoms with E-state index in [1.807, 2.05) is 5.32 Å². The van der Waals surface area contributed by atoms with Crippen molar-refractivity contribution in [1.29, 1.82) is 0 Å². The Morgan fingerprint density at radius 2 is 2.12 bits per heavy atom. The second kappa shape index (κ2) is 5.35. The van der Waals surface area contributed by atoms with Crippen LogP contribution in [0.4, 0.5) is 19.1 Å². The summed E-state index contributed by atoms with van der Waals surface area (Å²) in [6.45, 7) is -1.70. The van der Waals surface area contributed by atoms with E-state index in [0.717, 1.165) is 0 Å². The zero-order valence-corrected chi connectivity index (χ0v) is 7.95. The number of anilines is 1. The number of nitrogens with one attached hydrogen (secondary N) is 2. The highest BCUT2D eigenvalue weighted by atomic mass is 19.4. The van der Waals surface area contributed by atoms with Crippen molar-refractivity contribution in [2.75, 3.05) is 18.4 Å². The van der Waals surface area contributed by atoms with Gasteiger partial charge in [0.2, 0.25) is 11.9 Å². The number of carbonyl (C=O) groups is 1. The molecule has 0 aliphatic rings. The lowest BCUT2D eigenvalue weighted by Gasteiger charge is -2.07. The average molecular weight is 235 g/mol. The van der Waals surface area contributed by atoms with Gasteiger partial charge in [-0.05, 0) is 0 Å². The van der Waals surface area contributed by atoms with Crippen LogP contribution in [0.25, 0.3) is 0 Å². The highest BCUT2D eigenvalue weighted by Gasteiger charge is 2.26. The van der Waals surface area contributed by atoms with Gasteiger partial charge in [-0.15, -0.1) is 5.10 Å². The van der Waals surface area contributed by atoms with Gasteiger partial charge in [-0.2, -0.15) is 18.3 Å². The van der Waals surface area contributed by atoms with E-state index in [4.69, 9.17) is 0 Å². The summed E-state index contributed by atoms with van der Waals surface area (Å²) in [4.78, 5) is 14.7. The molecule has 88 valence electrons. The number of aromatic nitrogens is 3. The number of nitrogens with zero attached hydrogens (tertiary/aromatic N) is 3. The van der Waals surface area contributed by atoms with Crippen molar-refractivity contribution in [3.8, 4) is 0 Å². The molecule has 2 N–H and O–H groups in total. The van der Waals surface area contributed by atoms with Crippen molar-refractivity contribution in [3.63, 3.8) is 0 Å². The Bertz CT molecular complexity index is 342. The molecule has 1 aromatic rings. The van der Waals surface area contributed by atoms with E-state index < -0.39 is 25.2 Å². The molecule has 9 heteroatoms. The van der Waals surface area contributed by atoms with Crippen LogP contribution in [-0.2, 0) is 4.79 Å². The lowest BCUT2D eigenvalue weighted by Crippen LogP contribution is -2.35. The van der Waals surface area contributed by atoms with Gasteiger partial charge >= 0.3 is 6.18 Å². The topological polar surface area (TPSA) is 79.8 Å². The quantitative estimate of drug-likeness (QED) is 0.765. The fraction of sp³-hybridized carbons (Fsp3) is 0.429. The Hall–Kier alpha value is -1.77. The summed E-state index contributed by atoms with van der Waals surface area (Å²) in [5.41, 5.74) is 0. The maximum Gasteiger partial charge on any atom is 0.401 e. The monoisotopic (exact) mass is 235 g/mol. The fourth-order valence-electron chi connectivity index (χ4n) is 0.792. The molecule has 0 bridgehead atoms. The first-order chi connectivity index (χ1) is 7.47. The zero-order valence-electron chi connectivity index (χ0n) is 7.95. The van der Waals surface area contributed by atoms with Gasteiger partial charge in [-0.25, -0.2) is 4.98 Å². The number of rotatable bonds is 4. The van der Waals surface area contributed by atoms with E-state index in [9.17, 15) is 18.0 Å². The molecule has 1 amide bonds. The Morgan fingerprint density at radius 3 is 2.69 bits per heavy atom. The molecule has 0 aliphatic carbocycles. The van der Waals surface area contributed by atoms with Crippen molar-refractivity contribution in [3.05, 3.63) is 12.4 Å². The summed E-state index contributed by atoms with van der Waals surface area (Å²) in [5, 5.41) is 11.0. The molecule has 6 nitrogen and oxygen atoms in total. The molecule has 0 unspecified atom stereocenters. The van der Waals surface area contributed by atoms with Gasteiger partial charge in [0.05, 0.1) is 25.5 Å². The molecule has 0 saturated carbocycles. The lowest BCUT2D eigenvalue weighted by atomic mass is 10.5. The molecule has 0 fully saturated rings. The van der Waals surface area contributed by atoms with E-state index in [1.165, 1.54) is 12.4 Å². The summed E-state index contributed by atoms with van der Waals surface area (Å²) in [5.74, 6) is -0.724. The van der Waals surface area contributed by atoms with E-state index in [0.29, 0.717) is 0 Å². The van der Waals surface area contributed by atoms with Crippen LogP contribution in [0.15, 0.2) is 12.4 Å². The van der Waals surface area contributed by atoms with Gasteiger partial charge < -0.3 is 5.32 Å². The third-order valence-corrected chi connectivity index (χ3v) is 1.34. The van der Waals surface area contributed by atoms with E-state index in [2.05, 4.69) is 20.5 Å². The molecule has 0 spiro atoms. The molecular formula is C7H8F3N5O. The third kappa shape index (κ3) is 5.20. The van der Waals surface area contributed by atoms with E-state index in [1.54, 1.807) is 0 Å². The SMILES string of the molecule is O=C(CNCC(F)(F)F)Nc1nccnn1. The number of hydrogen-bond acceptors (Lipinski definition) is 5. The standard InChI is InChI=1S/C7H8F3N5O/c8-7(9,10)4-11-3-5(16)14-6-12-1-2-13-15-6/h1-2,11H,3-4H2,(H,12,14,15,16). The number of halogens is 3. The molecule has 1 aromatic heterocycles. The summed E-state index contributed by atoms with van der Waals surface area (Å²) in [6, 6.07) is 0. The Labute approximate surface area is 88.3 Å². The second-order valence-corrected chi connectivity index (χ2v) is 2.73. The minimum Gasteiger partial charge on any atom is -0.300 e. The molecule has 0 aliphatic heterocycles. The van der Waals surface area contributed by atoms with Crippen LogP contribution in [-0.4, -0.2) is 40.4 Å². The average Bonchev–Trinajstić information content (AvgIpc) is 2.17. The number of hydrogen-bond donors (Lipinski definition) is 2. The van der Waals surface area contributed by atoms with Crippen LogP contribution in [0.3, 0.4) is 0 Å². The highest BCUT2D eigenvalue weighted by Crippen LogP contribution is 2.11. The largest absolute Gasteiger partial charge is 0.401 e. The van der Waals surface area contributed by atoms with Gasteiger partial charge in [-0.3, -0.25) is 10.1 Å². The molecule has 0 atom stereocenters. The first kappa shape index (κ1) is 12.3. The maximum atomic E-state index is 11.7. The molecule has 1 rings (SSSR count). The predicted molar refractivity (Wildman–Crippen MR) is 47.4 cm³/mol. The molecule has 0 radical (unpaired) electrons. The highest BCUT2D eigenvalue weighted by molar-refractivity contribution is 5.90. The van der Waals surface area contributed by atoms with Crippen LogP contribution < -0.4 is 10.6 Å². The molecular weight excluding hydrogens is 227 g/mol. The normalized spacial score (nSPS) is 11.2. The van der Waals surface area contributed by atoms with Gasteiger partial charge in [0.25, 0.3) is 0 Å². The molecule has 0 aromatic carbocycles. The van der Waals surface area contributed by atoms with Crippen LogP contribution in [0.1, 0.15) is 0 Å². The first-order valence-corrected chi connectivity index (χ1v) is 4.18. The second-order valence-electron chi connectivity index (χ2n) is 2.73. The fourth-order valence-corrected chi connectivity index (χ4v) is 0.792. The minimum atomic E-state index is -4.34. The minimum absolute atomic E-state index is 0.0543. The van der Waals surface area contributed by atoms with Gasteiger partial charge in [0.15, 0.2) is 0 Å². The lowest BCUT2D eigenvalue weighted by molar-refractivity contribution is -0.126.